The van der Waals surface area contributed by atoms with Crippen molar-refractivity contribution in [1.82, 2.24) is 19.7 Å². The molecule has 28 heavy (non-hydrogen) atoms. The first-order chi connectivity index (χ1) is 13.7. The van der Waals surface area contributed by atoms with Gasteiger partial charge in [-0.25, -0.2) is 14.6 Å². The van der Waals surface area contributed by atoms with Gasteiger partial charge in [-0.2, -0.15) is 5.10 Å². The maximum Gasteiger partial charge on any atom is 0.246 e. The quantitative estimate of drug-likeness (QED) is 0.733. The number of benzene rings is 1. The molecule has 146 valence electrons. The van der Waals surface area contributed by atoms with Crippen LogP contribution in [0.2, 0.25) is 0 Å². The molecule has 1 amide bonds. The normalized spacial score (nSPS) is 14.7. The Labute approximate surface area is 163 Å². The van der Waals surface area contributed by atoms with Crippen LogP contribution in [0, 0.1) is 0 Å². The molecule has 8 nitrogen and oxygen atoms in total. The predicted octanol–water partition coefficient (Wildman–Crippen LogP) is 2.85. The summed E-state index contributed by atoms with van der Waals surface area (Å²) in [6.45, 7) is 2.08. The number of nitrogens with one attached hydrogen (secondary N) is 1. The Kier molecular flexibility index (Phi) is 5.36. The molecule has 0 saturated carbocycles. The number of ether oxygens (including phenoxy) is 1. The maximum absolute atomic E-state index is 12.5. The fraction of sp³-hybridized carbons (Fsp3) is 0.400. The summed E-state index contributed by atoms with van der Waals surface area (Å²) in [6, 6.07) is 7.22. The number of hydrogen-bond acceptors (Lipinski definition) is 6. The van der Waals surface area contributed by atoms with Gasteiger partial charge < -0.3 is 15.0 Å². The zero-order valence-corrected chi connectivity index (χ0v) is 16.0. The fourth-order valence-corrected chi connectivity index (χ4v) is 3.54. The van der Waals surface area contributed by atoms with E-state index in [1.807, 2.05) is 0 Å². The van der Waals surface area contributed by atoms with Gasteiger partial charge in [-0.15, -0.1) is 0 Å². The highest BCUT2D eigenvalue weighted by Gasteiger charge is 2.18. The SMILES string of the molecule is COc1ccc(NC(=O)Cn2ncc3c(N4CCCCCC4)ncnc32)cc1. The highest BCUT2D eigenvalue weighted by Crippen LogP contribution is 2.25. The van der Waals surface area contributed by atoms with E-state index >= 15 is 0 Å². The van der Waals surface area contributed by atoms with Crippen LogP contribution in [0.3, 0.4) is 0 Å². The molecule has 4 rings (SSSR count). The molecule has 0 atom stereocenters. The summed E-state index contributed by atoms with van der Waals surface area (Å²) in [6.07, 6.45) is 8.18. The minimum absolute atomic E-state index is 0.0893. The van der Waals surface area contributed by atoms with E-state index < -0.39 is 0 Å². The third-order valence-corrected chi connectivity index (χ3v) is 4.99. The van der Waals surface area contributed by atoms with E-state index in [0.717, 1.165) is 30.0 Å². The van der Waals surface area contributed by atoms with Crippen LogP contribution in [0.4, 0.5) is 11.5 Å². The largest absolute Gasteiger partial charge is 0.497 e. The summed E-state index contributed by atoms with van der Waals surface area (Å²) in [5.41, 5.74) is 1.39. The maximum atomic E-state index is 12.5. The van der Waals surface area contributed by atoms with Crippen LogP contribution in [0.25, 0.3) is 11.0 Å². The Balaban J connectivity index is 1.51. The zero-order valence-electron chi connectivity index (χ0n) is 16.0. The molecule has 0 spiro atoms. The summed E-state index contributed by atoms with van der Waals surface area (Å²) >= 11 is 0. The van der Waals surface area contributed by atoms with E-state index in [0.29, 0.717) is 11.3 Å². The summed E-state index contributed by atoms with van der Waals surface area (Å²) < 4.78 is 6.75. The van der Waals surface area contributed by atoms with Crippen molar-refractivity contribution in [1.29, 1.82) is 0 Å². The van der Waals surface area contributed by atoms with Crippen molar-refractivity contribution >= 4 is 28.4 Å². The molecular weight excluding hydrogens is 356 g/mol. The van der Waals surface area contributed by atoms with Gasteiger partial charge in [-0.05, 0) is 37.1 Å². The topological polar surface area (TPSA) is 85.2 Å². The molecule has 1 aliphatic heterocycles. The van der Waals surface area contributed by atoms with E-state index in [2.05, 4.69) is 25.3 Å². The number of hydrogen-bond donors (Lipinski definition) is 1. The number of methoxy groups -OCH3 is 1. The first kappa shape index (κ1) is 18.2. The summed E-state index contributed by atoms with van der Waals surface area (Å²) in [4.78, 5) is 23.6. The lowest BCUT2D eigenvalue weighted by molar-refractivity contribution is -0.116. The fourth-order valence-electron chi connectivity index (χ4n) is 3.54. The van der Waals surface area contributed by atoms with Gasteiger partial charge in [0.15, 0.2) is 5.65 Å². The van der Waals surface area contributed by atoms with Crippen LogP contribution in [0.5, 0.6) is 5.75 Å². The van der Waals surface area contributed by atoms with Crippen LogP contribution in [-0.4, -0.2) is 45.9 Å². The van der Waals surface area contributed by atoms with Crippen molar-refractivity contribution in [2.75, 3.05) is 30.4 Å². The number of nitrogens with zero attached hydrogens (tertiary/aromatic N) is 5. The highest BCUT2D eigenvalue weighted by molar-refractivity contribution is 5.92. The van der Waals surface area contributed by atoms with Crippen LogP contribution in [-0.2, 0) is 11.3 Å². The first-order valence-corrected chi connectivity index (χ1v) is 9.60. The van der Waals surface area contributed by atoms with Crippen LogP contribution < -0.4 is 15.0 Å². The lowest BCUT2D eigenvalue weighted by Gasteiger charge is -2.21. The molecular formula is C20H24N6O2. The molecule has 0 radical (unpaired) electrons. The molecule has 1 aromatic carbocycles. The zero-order chi connectivity index (χ0) is 19.3. The van der Waals surface area contributed by atoms with Gasteiger partial charge in [0.05, 0.1) is 18.7 Å². The summed E-state index contributed by atoms with van der Waals surface area (Å²) in [7, 11) is 1.61. The van der Waals surface area contributed by atoms with E-state index in [-0.39, 0.29) is 12.5 Å². The van der Waals surface area contributed by atoms with Crippen molar-refractivity contribution in [3.05, 3.63) is 36.8 Å². The van der Waals surface area contributed by atoms with Gasteiger partial charge in [0.2, 0.25) is 5.91 Å². The molecule has 1 N–H and O–H groups in total. The smallest absolute Gasteiger partial charge is 0.246 e. The second kappa shape index (κ2) is 8.24. The first-order valence-electron chi connectivity index (χ1n) is 9.60. The second-order valence-electron chi connectivity index (χ2n) is 6.91. The average molecular weight is 380 g/mol. The van der Waals surface area contributed by atoms with Crippen molar-refractivity contribution in [3.63, 3.8) is 0 Å². The molecule has 3 heterocycles. The molecule has 1 saturated heterocycles. The monoisotopic (exact) mass is 380 g/mol. The van der Waals surface area contributed by atoms with Gasteiger partial charge in [0, 0.05) is 18.8 Å². The van der Waals surface area contributed by atoms with E-state index in [1.54, 1.807) is 48.6 Å². The molecule has 8 heteroatoms. The Morgan fingerprint density at radius 3 is 2.57 bits per heavy atom. The number of amides is 1. The molecule has 2 aromatic heterocycles. The third kappa shape index (κ3) is 3.90. The number of carbonyl (C=O) groups excluding carboxylic acids is 1. The van der Waals surface area contributed by atoms with Crippen molar-refractivity contribution in [3.8, 4) is 5.75 Å². The van der Waals surface area contributed by atoms with Crippen LogP contribution in [0.1, 0.15) is 25.7 Å². The Hall–Kier alpha value is -3.16. The van der Waals surface area contributed by atoms with Gasteiger partial charge >= 0.3 is 0 Å². The number of aromatic nitrogens is 4. The number of rotatable bonds is 5. The Bertz CT molecular complexity index is 945. The van der Waals surface area contributed by atoms with Crippen molar-refractivity contribution < 1.29 is 9.53 Å². The van der Waals surface area contributed by atoms with Gasteiger partial charge in [0.25, 0.3) is 0 Å². The summed E-state index contributed by atoms with van der Waals surface area (Å²) in [5, 5.41) is 8.15. The number of fused-ring (bicyclic) bond motifs is 1. The number of carbonyl (C=O) groups is 1. The minimum atomic E-state index is -0.162. The molecule has 0 aliphatic carbocycles. The van der Waals surface area contributed by atoms with Crippen LogP contribution in [0.15, 0.2) is 36.8 Å². The molecule has 1 fully saturated rings. The third-order valence-electron chi connectivity index (χ3n) is 4.99. The standard InChI is InChI=1S/C20H24N6O2/c1-28-16-8-6-15(7-9-16)24-18(27)13-26-20-17(12-23-26)19(21-14-22-20)25-10-4-2-3-5-11-25/h6-9,12,14H,2-5,10-11,13H2,1H3,(H,24,27). The molecule has 0 bridgehead atoms. The van der Waals surface area contributed by atoms with Crippen molar-refractivity contribution in [2.45, 2.75) is 32.2 Å². The van der Waals surface area contributed by atoms with E-state index in [9.17, 15) is 4.79 Å². The van der Waals surface area contributed by atoms with E-state index in [4.69, 9.17) is 4.74 Å². The lowest BCUT2D eigenvalue weighted by Crippen LogP contribution is -2.25. The Morgan fingerprint density at radius 1 is 1.11 bits per heavy atom. The highest BCUT2D eigenvalue weighted by atomic mass is 16.5. The number of anilines is 2. The Morgan fingerprint density at radius 2 is 1.86 bits per heavy atom. The van der Waals surface area contributed by atoms with Crippen LogP contribution >= 0.6 is 0 Å². The molecule has 3 aromatic rings. The summed E-state index contributed by atoms with van der Waals surface area (Å²) in [5.74, 6) is 1.49. The molecule has 0 unspecified atom stereocenters. The predicted molar refractivity (Wildman–Crippen MR) is 108 cm³/mol. The van der Waals surface area contributed by atoms with Crippen molar-refractivity contribution in [2.24, 2.45) is 0 Å². The van der Waals surface area contributed by atoms with Gasteiger partial charge in [-0.1, -0.05) is 12.8 Å². The van der Waals surface area contributed by atoms with E-state index in [1.165, 1.54) is 25.7 Å². The van der Waals surface area contributed by atoms with Gasteiger partial charge in [0.1, 0.15) is 24.4 Å². The van der Waals surface area contributed by atoms with Gasteiger partial charge in [-0.3, -0.25) is 4.79 Å². The lowest BCUT2D eigenvalue weighted by atomic mass is 10.2. The molecule has 1 aliphatic rings. The second-order valence-corrected chi connectivity index (χ2v) is 6.91. The average Bonchev–Trinajstić information content (AvgIpc) is 2.94. The minimum Gasteiger partial charge on any atom is -0.497 e.